The Morgan fingerprint density at radius 3 is 2.07 bits per heavy atom. The molecule has 162 valence electrons. The van der Waals surface area contributed by atoms with Crippen molar-refractivity contribution in [2.24, 2.45) is 23.2 Å². The maximum atomic E-state index is 13.8. The topological polar surface area (TPSA) is 53.9 Å². The first-order valence-corrected chi connectivity index (χ1v) is 11.9. The SMILES string of the molecule is Cc1ccc(C(=O)N[C@@H](C(=O)N2CC[NH+](C)CC2)C23CC4CC(CC(C4)C2)C3)cc1. The molecule has 5 nitrogen and oxygen atoms in total. The van der Waals surface area contributed by atoms with Crippen LogP contribution in [0.5, 0.6) is 0 Å². The molecule has 1 atom stereocenters. The van der Waals surface area contributed by atoms with Gasteiger partial charge in [-0.2, -0.15) is 0 Å². The van der Waals surface area contributed by atoms with E-state index in [0.717, 1.165) is 68.8 Å². The summed E-state index contributed by atoms with van der Waals surface area (Å²) in [5.41, 5.74) is 1.76. The maximum absolute atomic E-state index is 13.8. The zero-order valence-electron chi connectivity index (χ0n) is 18.5. The predicted molar refractivity (Wildman–Crippen MR) is 116 cm³/mol. The number of hydrogen-bond donors (Lipinski definition) is 2. The van der Waals surface area contributed by atoms with Crippen LogP contribution in [0.3, 0.4) is 0 Å². The van der Waals surface area contributed by atoms with Crippen molar-refractivity contribution in [3.05, 3.63) is 35.4 Å². The van der Waals surface area contributed by atoms with Gasteiger partial charge in [-0.25, -0.2) is 0 Å². The molecule has 0 unspecified atom stereocenters. The van der Waals surface area contributed by atoms with Crippen molar-refractivity contribution in [1.82, 2.24) is 10.2 Å². The van der Waals surface area contributed by atoms with E-state index in [0.29, 0.717) is 5.56 Å². The molecule has 1 aliphatic heterocycles. The van der Waals surface area contributed by atoms with E-state index < -0.39 is 0 Å². The van der Waals surface area contributed by atoms with Gasteiger partial charge in [0.1, 0.15) is 6.04 Å². The fourth-order valence-corrected chi connectivity index (χ4v) is 7.22. The molecular formula is C25H36N3O2+. The summed E-state index contributed by atoms with van der Waals surface area (Å²) in [6.07, 6.45) is 7.35. The normalized spacial score (nSPS) is 34.1. The van der Waals surface area contributed by atoms with E-state index in [4.69, 9.17) is 0 Å². The quantitative estimate of drug-likeness (QED) is 0.793. The third-order valence-corrected chi connectivity index (χ3v) is 8.46. The van der Waals surface area contributed by atoms with Crippen LogP contribution in [0.2, 0.25) is 0 Å². The average molecular weight is 411 g/mol. The number of piperazine rings is 1. The molecule has 4 bridgehead atoms. The highest BCUT2D eigenvalue weighted by Gasteiger charge is 2.57. The number of amides is 2. The van der Waals surface area contributed by atoms with Gasteiger partial charge in [-0.1, -0.05) is 17.7 Å². The molecule has 4 saturated carbocycles. The summed E-state index contributed by atoms with van der Waals surface area (Å²) in [5, 5.41) is 3.28. The summed E-state index contributed by atoms with van der Waals surface area (Å²) in [7, 11) is 2.19. The fourth-order valence-electron chi connectivity index (χ4n) is 7.22. The number of nitrogens with one attached hydrogen (secondary N) is 2. The van der Waals surface area contributed by atoms with Crippen molar-refractivity contribution in [2.45, 2.75) is 51.5 Å². The molecule has 1 heterocycles. The highest BCUT2D eigenvalue weighted by Crippen LogP contribution is 2.61. The monoisotopic (exact) mass is 410 g/mol. The summed E-state index contributed by atoms with van der Waals surface area (Å²) in [6.45, 7) is 5.61. The Bertz CT molecular complexity index is 775. The molecule has 30 heavy (non-hydrogen) atoms. The van der Waals surface area contributed by atoms with Gasteiger partial charge in [0.2, 0.25) is 5.91 Å². The minimum atomic E-state index is -0.377. The van der Waals surface area contributed by atoms with Gasteiger partial charge in [-0.05, 0) is 75.3 Å². The number of quaternary nitrogens is 1. The molecular weight excluding hydrogens is 374 g/mol. The lowest BCUT2D eigenvalue weighted by Gasteiger charge is -2.59. The van der Waals surface area contributed by atoms with E-state index in [1.54, 1.807) is 0 Å². The number of likely N-dealkylation sites (N-methyl/N-ethyl adjacent to an activating group) is 1. The second-order valence-electron chi connectivity index (χ2n) is 10.8. The molecule has 4 aliphatic carbocycles. The Labute approximate surface area is 180 Å². The molecule has 6 rings (SSSR count). The number of carbonyl (C=O) groups excluding carboxylic acids is 2. The number of nitrogens with zero attached hydrogens (tertiary/aromatic N) is 1. The third-order valence-electron chi connectivity index (χ3n) is 8.46. The van der Waals surface area contributed by atoms with Crippen LogP contribution < -0.4 is 10.2 Å². The molecule has 5 aliphatic rings. The smallest absolute Gasteiger partial charge is 0.251 e. The molecule has 2 N–H and O–H groups in total. The fraction of sp³-hybridized carbons (Fsp3) is 0.680. The Hall–Kier alpha value is -1.88. The van der Waals surface area contributed by atoms with E-state index >= 15 is 0 Å². The van der Waals surface area contributed by atoms with Crippen LogP contribution >= 0.6 is 0 Å². The van der Waals surface area contributed by atoms with Crippen LogP contribution in [0.4, 0.5) is 0 Å². The zero-order chi connectivity index (χ0) is 20.9. The minimum Gasteiger partial charge on any atom is -0.340 e. The van der Waals surface area contributed by atoms with Gasteiger partial charge in [0.05, 0.1) is 33.2 Å². The van der Waals surface area contributed by atoms with E-state index in [1.165, 1.54) is 24.2 Å². The van der Waals surface area contributed by atoms with E-state index in [1.807, 2.05) is 36.1 Å². The molecule has 1 aromatic rings. The molecule has 0 spiro atoms. The number of benzene rings is 1. The Kier molecular flexibility index (Phi) is 5.12. The van der Waals surface area contributed by atoms with Crippen molar-refractivity contribution >= 4 is 11.8 Å². The Balaban J connectivity index is 1.42. The third kappa shape index (κ3) is 3.66. The first-order chi connectivity index (χ1) is 14.4. The molecule has 0 radical (unpaired) electrons. The van der Waals surface area contributed by atoms with Gasteiger partial charge in [0.15, 0.2) is 0 Å². The van der Waals surface area contributed by atoms with Crippen molar-refractivity contribution < 1.29 is 14.5 Å². The van der Waals surface area contributed by atoms with Crippen molar-refractivity contribution in [2.75, 3.05) is 33.2 Å². The second kappa shape index (κ2) is 7.67. The summed E-state index contributed by atoms with van der Waals surface area (Å²) in [4.78, 5) is 30.6. The number of aryl methyl sites for hydroxylation is 1. The minimum absolute atomic E-state index is 0.0393. The van der Waals surface area contributed by atoms with Crippen LogP contribution in [0, 0.1) is 30.1 Å². The molecule has 1 aromatic carbocycles. The lowest BCUT2D eigenvalue weighted by molar-refractivity contribution is -0.883. The molecule has 0 aromatic heterocycles. The highest BCUT2D eigenvalue weighted by atomic mass is 16.2. The van der Waals surface area contributed by atoms with Crippen LogP contribution in [0.15, 0.2) is 24.3 Å². The summed E-state index contributed by atoms with van der Waals surface area (Å²) in [5.74, 6) is 2.33. The summed E-state index contributed by atoms with van der Waals surface area (Å²) in [6, 6.07) is 7.33. The van der Waals surface area contributed by atoms with E-state index in [-0.39, 0.29) is 23.3 Å². The van der Waals surface area contributed by atoms with Crippen molar-refractivity contribution in [3.63, 3.8) is 0 Å². The van der Waals surface area contributed by atoms with Crippen LogP contribution in [0.25, 0.3) is 0 Å². The number of rotatable bonds is 4. The van der Waals surface area contributed by atoms with Crippen LogP contribution in [-0.4, -0.2) is 56.0 Å². The Morgan fingerprint density at radius 1 is 1.00 bits per heavy atom. The van der Waals surface area contributed by atoms with Gasteiger partial charge in [-0.3, -0.25) is 9.59 Å². The molecule has 2 amide bonds. The zero-order valence-corrected chi connectivity index (χ0v) is 18.5. The van der Waals surface area contributed by atoms with Crippen molar-refractivity contribution in [3.8, 4) is 0 Å². The van der Waals surface area contributed by atoms with E-state index in [9.17, 15) is 9.59 Å². The summed E-state index contributed by atoms with van der Waals surface area (Å²) >= 11 is 0. The molecule has 5 fully saturated rings. The standard InChI is InChI=1S/C25H35N3O2/c1-17-3-5-21(6-4-17)23(29)26-22(24(30)28-9-7-27(2)8-10-28)25-14-18-11-19(15-25)13-20(12-18)16-25/h3-6,18-20,22H,7-16H2,1-2H3,(H,26,29)/p+1/t18?,19?,20?,22-,25?/m0/s1. The first-order valence-electron chi connectivity index (χ1n) is 11.9. The number of carbonyl (C=O) groups is 2. The largest absolute Gasteiger partial charge is 0.340 e. The molecule has 1 saturated heterocycles. The van der Waals surface area contributed by atoms with Gasteiger partial charge in [0, 0.05) is 11.0 Å². The summed E-state index contributed by atoms with van der Waals surface area (Å²) < 4.78 is 0. The van der Waals surface area contributed by atoms with Crippen LogP contribution in [-0.2, 0) is 4.79 Å². The Morgan fingerprint density at radius 2 is 1.53 bits per heavy atom. The van der Waals surface area contributed by atoms with E-state index in [2.05, 4.69) is 12.4 Å². The lowest BCUT2D eigenvalue weighted by Crippen LogP contribution is -3.12. The predicted octanol–water partition coefficient (Wildman–Crippen LogP) is 1.67. The van der Waals surface area contributed by atoms with Gasteiger partial charge >= 0.3 is 0 Å². The highest BCUT2D eigenvalue weighted by molar-refractivity contribution is 5.98. The first kappa shape index (κ1) is 20.0. The maximum Gasteiger partial charge on any atom is 0.251 e. The van der Waals surface area contributed by atoms with Gasteiger partial charge < -0.3 is 15.1 Å². The van der Waals surface area contributed by atoms with Gasteiger partial charge in [0.25, 0.3) is 5.91 Å². The lowest BCUT2D eigenvalue weighted by atomic mass is 9.47. The average Bonchev–Trinajstić information content (AvgIpc) is 2.71. The second-order valence-corrected chi connectivity index (χ2v) is 10.8. The van der Waals surface area contributed by atoms with Crippen molar-refractivity contribution in [1.29, 1.82) is 0 Å². The van der Waals surface area contributed by atoms with Crippen LogP contribution in [0.1, 0.15) is 54.4 Å². The molecule has 5 heteroatoms. The van der Waals surface area contributed by atoms with Gasteiger partial charge in [-0.15, -0.1) is 0 Å². The number of hydrogen-bond acceptors (Lipinski definition) is 2.